The van der Waals surface area contributed by atoms with E-state index in [0.717, 1.165) is 18.5 Å². The van der Waals surface area contributed by atoms with Gasteiger partial charge in [0.2, 0.25) is 15.9 Å². The molecule has 2 aliphatic rings. The molecule has 0 aliphatic carbocycles. The zero-order valence-corrected chi connectivity index (χ0v) is 17.2. The lowest BCUT2D eigenvalue weighted by molar-refractivity contribution is -0.138. The van der Waals surface area contributed by atoms with Crippen LogP contribution in [0.4, 0.5) is 0 Å². The second-order valence-electron chi connectivity index (χ2n) is 8.24. The van der Waals surface area contributed by atoms with Gasteiger partial charge in [0.05, 0.1) is 11.2 Å². The van der Waals surface area contributed by atoms with Crippen molar-refractivity contribution >= 4 is 15.9 Å². The molecule has 0 radical (unpaired) electrons. The van der Waals surface area contributed by atoms with Crippen LogP contribution in [-0.2, 0) is 20.2 Å². The number of hydrogen-bond acceptors (Lipinski definition) is 4. The molecule has 0 saturated carbocycles. The highest BCUT2D eigenvalue weighted by Gasteiger charge is 2.48. The summed E-state index contributed by atoms with van der Waals surface area (Å²) in [6, 6.07) is 9.85. The van der Waals surface area contributed by atoms with E-state index in [2.05, 4.69) is 6.92 Å². The van der Waals surface area contributed by atoms with Crippen LogP contribution in [0.5, 0.6) is 0 Å². The fourth-order valence-electron chi connectivity index (χ4n) is 4.38. The molecule has 0 aromatic heterocycles. The minimum absolute atomic E-state index is 0.0280. The Kier molecular flexibility index (Phi) is 5.66. The van der Waals surface area contributed by atoms with Crippen molar-refractivity contribution in [1.29, 1.82) is 0 Å². The largest absolute Gasteiger partial charge is 0.341 e. The second kappa shape index (κ2) is 7.53. The zero-order chi connectivity index (χ0) is 19.7. The van der Waals surface area contributed by atoms with Gasteiger partial charge >= 0.3 is 0 Å². The van der Waals surface area contributed by atoms with Gasteiger partial charge in [0, 0.05) is 26.2 Å². The minimum atomic E-state index is -3.23. The fraction of sp³-hybridized carbons (Fsp3) is 0.650. The predicted molar refractivity (Wildman–Crippen MR) is 107 cm³/mol. The van der Waals surface area contributed by atoms with Crippen molar-refractivity contribution in [3.05, 3.63) is 35.9 Å². The first-order chi connectivity index (χ1) is 12.8. The third-order valence-electron chi connectivity index (χ3n) is 6.41. The molecule has 6 nitrogen and oxygen atoms in total. The molecule has 1 atom stereocenters. The van der Waals surface area contributed by atoms with E-state index in [1.165, 1.54) is 4.31 Å². The van der Waals surface area contributed by atoms with Crippen molar-refractivity contribution < 1.29 is 13.2 Å². The summed E-state index contributed by atoms with van der Waals surface area (Å²) in [4.78, 5) is 15.6. The fourth-order valence-corrected chi connectivity index (χ4v) is 5.48. The molecule has 2 aliphatic heterocycles. The van der Waals surface area contributed by atoms with Crippen LogP contribution in [0, 0.1) is 5.41 Å². The van der Waals surface area contributed by atoms with Gasteiger partial charge in [-0.25, -0.2) is 12.7 Å². The van der Waals surface area contributed by atoms with Gasteiger partial charge in [-0.1, -0.05) is 37.3 Å². The number of carbonyl (C=O) groups excluding carboxylic acids is 1. The van der Waals surface area contributed by atoms with Crippen molar-refractivity contribution in [2.45, 2.75) is 38.5 Å². The average Bonchev–Trinajstić information content (AvgIpc) is 3.11. The number of carbonyl (C=O) groups is 1. The third kappa shape index (κ3) is 3.77. The van der Waals surface area contributed by atoms with Crippen LogP contribution in [0.25, 0.3) is 0 Å². The van der Waals surface area contributed by atoms with E-state index in [-0.39, 0.29) is 17.1 Å². The topological polar surface area (TPSA) is 83.7 Å². The number of amides is 1. The lowest BCUT2D eigenvalue weighted by Gasteiger charge is -2.42. The SMILES string of the molecule is CCS(=O)(=O)N1CCC(C(=O)N2CCC(C)(CN)C2)(c2ccccc2)CC1. The van der Waals surface area contributed by atoms with E-state index in [1.54, 1.807) is 6.92 Å². The van der Waals surface area contributed by atoms with Gasteiger partial charge in [-0.3, -0.25) is 4.79 Å². The van der Waals surface area contributed by atoms with Crippen molar-refractivity contribution in [1.82, 2.24) is 9.21 Å². The first-order valence-electron chi connectivity index (χ1n) is 9.79. The van der Waals surface area contributed by atoms with Crippen LogP contribution < -0.4 is 5.73 Å². The van der Waals surface area contributed by atoms with E-state index >= 15 is 0 Å². The average molecular weight is 394 g/mol. The summed E-state index contributed by atoms with van der Waals surface area (Å²) in [6.07, 6.45) is 1.95. The van der Waals surface area contributed by atoms with Crippen molar-refractivity contribution in [3.8, 4) is 0 Å². The van der Waals surface area contributed by atoms with Gasteiger partial charge in [0.1, 0.15) is 0 Å². The maximum Gasteiger partial charge on any atom is 0.233 e. The number of piperidine rings is 1. The molecule has 3 rings (SSSR count). The maximum atomic E-state index is 13.7. The second-order valence-corrected chi connectivity index (χ2v) is 10.5. The van der Waals surface area contributed by atoms with E-state index in [9.17, 15) is 13.2 Å². The molecule has 1 amide bonds. The van der Waals surface area contributed by atoms with Gasteiger partial charge < -0.3 is 10.6 Å². The molecule has 27 heavy (non-hydrogen) atoms. The highest BCUT2D eigenvalue weighted by molar-refractivity contribution is 7.89. The third-order valence-corrected chi connectivity index (χ3v) is 8.29. The number of nitrogens with zero attached hydrogens (tertiary/aromatic N) is 2. The van der Waals surface area contributed by atoms with Crippen molar-refractivity contribution in [2.75, 3.05) is 38.5 Å². The first-order valence-corrected chi connectivity index (χ1v) is 11.4. The summed E-state index contributed by atoms with van der Waals surface area (Å²) in [6.45, 7) is 6.53. The van der Waals surface area contributed by atoms with E-state index in [0.29, 0.717) is 39.0 Å². The summed E-state index contributed by atoms with van der Waals surface area (Å²) in [5.41, 5.74) is 6.23. The lowest BCUT2D eigenvalue weighted by atomic mass is 9.72. The number of hydrogen-bond donors (Lipinski definition) is 1. The Hall–Kier alpha value is -1.44. The van der Waals surface area contributed by atoms with Crippen LogP contribution in [0.15, 0.2) is 30.3 Å². The molecule has 1 aromatic rings. The smallest absolute Gasteiger partial charge is 0.233 e. The molecule has 1 aromatic carbocycles. The number of rotatable bonds is 5. The van der Waals surface area contributed by atoms with Crippen LogP contribution >= 0.6 is 0 Å². The Balaban J connectivity index is 1.89. The summed E-state index contributed by atoms with van der Waals surface area (Å²) in [5.74, 6) is 0.222. The normalized spacial score (nSPS) is 26.3. The summed E-state index contributed by atoms with van der Waals surface area (Å²) in [5, 5.41) is 0. The van der Waals surface area contributed by atoms with Gasteiger partial charge in [0.25, 0.3) is 0 Å². The zero-order valence-electron chi connectivity index (χ0n) is 16.4. The van der Waals surface area contributed by atoms with Gasteiger partial charge in [-0.05, 0) is 43.7 Å². The van der Waals surface area contributed by atoms with Crippen LogP contribution in [0.3, 0.4) is 0 Å². The monoisotopic (exact) mass is 393 g/mol. The quantitative estimate of drug-likeness (QED) is 0.823. The summed E-state index contributed by atoms with van der Waals surface area (Å²) >= 11 is 0. The molecule has 2 heterocycles. The van der Waals surface area contributed by atoms with Gasteiger partial charge in [0.15, 0.2) is 0 Å². The Morgan fingerprint density at radius 3 is 2.26 bits per heavy atom. The molecular weight excluding hydrogens is 362 g/mol. The Labute approximate surface area is 162 Å². The van der Waals surface area contributed by atoms with Crippen molar-refractivity contribution in [3.63, 3.8) is 0 Å². The molecule has 2 fully saturated rings. The molecule has 2 saturated heterocycles. The van der Waals surface area contributed by atoms with Gasteiger partial charge in [-0.15, -0.1) is 0 Å². The summed E-state index contributed by atoms with van der Waals surface area (Å²) in [7, 11) is -3.23. The first kappa shape index (κ1) is 20.3. The highest BCUT2D eigenvalue weighted by Crippen LogP contribution is 2.40. The Bertz CT molecular complexity index is 773. The van der Waals surface area contributed by atoms with E-state index in [4.69, 9.17) is 5.73 Å². The Morgan fingerprint density at radius 1 is 1.11 bits per heavy atom. The summed E-state index contributed by atoms with van der Waals surface area (Å²) < 4.78 is 26.1. The molecular formula is C20H31N3O3S. The van der Waals surface area contributed by atoms with Crippen LogP contribution in [0.2, 0.25) is 0 Å². The molecule has 0 spiro atoms. The van der Waals surface area contributed by atoms with E-state index < -0.39 is 15.4 Å². The predicted octanol–water partition coefficient (Wildman–Crippen LogP) is 1.57. The molecule has 7 heteroatoms. The molecule has 150 valence electrons. The van der Waals surface area contributed by atoms with Gasteiger partial charge in [-0.2, -0.15) is 0 Å². The van der Waals surface area contributed by atoms with Crippen LogP contribution in [0.1, 0.15) is 38.7 Å². The number of sulfonamides is 1. The highest BCUT2D eigenvalue weighted by atomic mass is 32.2. The Morgan fingerprint density at radius 2 is 1.74 bits per heavy atom. The lowest BCUT2D eigenvalue weighted by Crippen LogP contribution is -2.54. The van der Waals surface area contributed by atoms with Crippen LogP contribution in [-0.4, -0.2) is 62.0 Å². The number of benzene rings is 1. The molecule has 1 unspecified atom stereocenters. The van der Waals surface area contributed by atoms with Crippen molar-refractivity contribution in [2.24, 2.45) is 11.1 Å². The molecule has 2 N–H and O–H groups in total. The minimum Gasteiger partial charge on any atom is -0.341 e. The maximum absolute atomic E-state index is 13.7. The number of nitrogens with two attached hydrogens (primary N) is 1. The molecule has 0 bridgehead atoms. The standard InChI is InChI=1S/C20H31N3O3S/c1-3-27(25,26)23-13-10-20(11-14-23,17-7-5-4-6-8-17)18(24)22-12-9-19(2,15-21)16-22/h4-8H,3,9-16,21H2,1-2H3. The van der Waals surface area contributed by atoms with E-state index in [1.807, 2.05) is 35.2 Å². The number of likely N-dealkylation sites (tertiary alicyclic amines) is 1.